The summed E-state index contributed by atoms with van der Waals surface area (Å²) in [6.07, 6.45) is -0.175. The summed E-state index contributed by atoms with van der Waals surface area (Å²) in [7, 11) is 0. The van der Waals surface area contributed by atoms with Gasteiger partial charge in [0.2, 0.25) is 0 Å². The van der Waals surface area contributed by atoms with E-state index in [1.54, 1.807) is 0 Å². The van der Waals surface area contributed by atoms with Crippen molar-refractivity contribution in [2.75, 3.05) is 19.7 Å². The summed E-state index contributed by atoms with van der Waals surface area (Å²) in [4.78, 5) is 16.1. The number of carbonyl (C=O) groups excluding carboxylic acids is 1. The normalized spacial score (nSPS) is 27.2. The van der Waals surface area contributed by atoms with Crippen LogP contribution in [0.15, 0.2) is 0 Å². The summed E-state index contributed by atoms with van der Waals surface area (Å²) in [6, 6.07) is 0.990. The molecule has 2 unspecified atom stereocenters. The summed E-state index contributed by atoms with van der Waals surface area (Å²) in [5.74, 6) is 0. The molecule has 4 nitrogen and oxygen atoms in total. The van der Waals surface area contributed by atoms with Gasteiger partial charge in [-0.2, -0.15) is 0 Å². The number of hydrogen-bond donors (Lipinski definition) is 0. The SMILES string of the molecule is CCOC(=O)N1C(C)CN(C(C)C)CC1C. The van der Waals surface area contributed by atoms with Crippen molar-refractivity contribution >= 4 is 6.09 Å². The second-order valence-corrected chi connectivity index (χ2v) is 4.85. The largest absolute Gasteiger partial charge is 0.450 e. The Morgan fingerprint density at radius 3 is 2.19 bits per heavy atom. The molecule has 0 aromatic carbocycles. The first-order valence-corrected chi connectivity index (χ1v) is 6.16. The molecule has 1 amide bonds. The number of carbonyl (C=O) groups is 1. The van der Waals surface area contributed by atoms with Crippen molar-refractivity contribution in [3.05, 3.63) is 0 Å². The van der Waals surface area contributed by atoms with Gasteiger partial charge >= 0.3 is 6.09 Å². The molecule has 0 aromatic rings. The molecule has 2 atom stereocenters. The van der Waals surface area contributed by atoms with Gasteiger partial charge in [-0.1, -0.05) is 0 Å². The summed E-state index contributed by atoms with van der Waals surface area (Å²) in [5, 5.41) is 0. The molecular formula is C12H24N2O2. The van der Waals surface area contributed by atoms with E-state index in [2.05, 4.69) is 32.6 Å². The fourth-order valence-electron chi connectivity index (χ4n) is 2.34. The average Bonchev–Trinajstić information content (AvgIpc) is 2.16. The summed E-state index contributed by atoms with van der Waals surface area (Å²) < 4.78 is 5.09. The van der Waals surface area contributed by atoms with Crippen LogP contribution in [-0.4, -0.2) is 53.7 Å². The van der Waals surface area contributed by atoms with Crippen LogP contribution < -0.4 is 0 Å². The Labute approximate surface area is 98.5 Å². The predicted molar refractivity (Wildman–Crippen MR) is 64.5 cm³/mol. The van der Waals surface area contributed by atoms with Gasteiger partial charge in [0.1, 0.15) is 0 Å². The fourth-order valence-corrected chi connectivity index (χ4v) is 2.34. The highest BCUT2D eigenvalue weighted by Crippen LogP contribution is 2.18. The molecule has 1 aliphatic rings. The maximum Gasteiger partial charge on any atom is 0.410 e. The maximum absolute atomic E-state index is 11.8. The van der Waals surface area contributed by atoms with Crippen molar-refractivity contribution in [2.45, 2.75) is 52.7 Å². The minimum absolute atomic E-state index is 0.175. The predicted octanol–water partition coefficient (Wildman–Crippen LogP) is 1.95. The first-order chi connectivity index (χ1) is 7.47. The minimum atomic E-state index is -0.175. The molecule has 0 aromatic heterocycles. The van der Waals surface area contributed by atoms with Crippen molar-refractivity contribution in [3.63, 3.8) is 0 Å². The van der Waals surface area contributed by atoms with Crippen LogP contribution in [0.1, 0.15) is 34.6 Å². The number of amides is 1. The van der Waals surface area contributed by atoms with E-state index in [0.29, 0.717) is 12.6 Å². The monoisotopic (exact) mass is 228 g/mol. The second kappa shape index (κ2) is 5.53. The molecular weight excluding hydrogens is 204 g/mol. The lowest BCUT2D eigenvalue weighted by molar-refractivity contribution is 0.0159. The quantitative estimate of drug-likeness (QED) is 0.724. The van der Waals surface area contributed by atoms with Crippen molar-refractivity contribution < 1.29 is 9.53 Å². The standard InChI is InChI=1S/C12H24N2O2/c1-6-16-12(15)14-10(4)7-13(9(2)3)8-11(14)5/h9-11H,6-8H2,1-5H3. The van der Waals surface area contributed by atoms with Crippen molar-refractivity contribution in [2.24, 2.45) is 0 Å². The van der Waals surface area contributed by atoms with Gasteiger partial charge in [-0.15, -0.1) is 0 Å². The van der Waals surface area contributed by atoms with Crippen LogP contribution in [0.25, 0.3) is 0 Å². The molecule has 1 heterocycles. The van der Waals surface area contributed by atoms with Gasteiger partial charge in [0, 0.05) is 31.2 Å². The Morgan fingerprint density at radius 2 is 1.81 bits per heavy atom. The van der Waals surface area contributed by atoms with E-state index in [-0.39, 0.29) is 18.2 Å². The number of piperazine rings is 1. The molecule has 0 saturated carbocycles. The van der Waals surface area contributed by atoms with Crippen LogP contribution in [-0.2, 0) is 4.74 Å². The zero-order valence-corrected chi connectivity index (χ0v) is 11.1. The molecule has 0 bridgehead atoms. The number of ether oxygens (including phenoxy) is 1. The zero-order valence-electron chi connectivity index (χ0n) is 11.1. The highest BCUT2D eigenvalue weighted by atomic mass is 16.6. The van der Waals surface area contributed by atoms with E-state index < -0.39 is 0 Å². The first kappa shape index (κ1) is 13.3. The number of hydrogen-bond acceptors (Lipinski definition) is 3. The highest BCUT2D eigenvalue weighted by molar-refractivity contribution is 5.68. The molecule has 1 rings (SSSR count). The molecule has 16 heavy (non-hydrogen) atoms. The van der Waals surface area contributed by atoms with E-state index in [1.165, 1.54) is 0 Å². The van der Waals surface area contributed by atoms with Crippen molar-refractivity contribution in [1.29, 1.82) is 0 Å². The lowest BCUT2D eigenvalue weighted by Crippen LogP contribution is -2.59. The molecule has 0 spiro atoms. The van der Waals surface area contributed by atoms with Crippen LogP contribution >= 0.6 is 0 Å². The van der Waals surface area contributed by atoms with Crippen LogP contribution in [0.4, 0.5) is 4.79 Å². The highest BCUT2D eigenvalue weighted by Gasteiger charge is 2.34. The molecule has 0 radical (unpaired) electrons. The molecule has 4 heteroatoms. The molecule has 0 N–H and O–H groups in total. The number of rotatable bonds is 2. The molecule has 1 aliphatic heterocycles. The van der Waals surface area contributed by atoms with Gasteiger partial charge < -0.3 is 9.64 Å². The smallest absolute Gasteiger partial charge is 0.410 e. The summed E-state index contributed by atoms with van der Waals surface area (Å²) in [6.45, 7) is 12.7. The minimum Gasteiger partial charge on any atom is -0.450 e. The van der Waals surface area contributed by atoms with E-state index in [0.717, 1.165) is 13.1 Å². The molecule has 94 valence electrons. The third-order valence-electron chi connectivity index (χ3n) is 3.16. The van der Waals surface area contributed by atoms with Crippen LogP contribution in [0.5, 0.6) is 0 Å². The first-order valence-electron chi connectivity index (χ1n) is 6.16. The third-order valence-corrected chi connectivity index (χ3v) is 3.16. The van der Waals surface area contributed by atoms with Gasteiger partial charge in [-0.3, -0.25) is 4.90 Å². The Balaban J connectivity index is 2.65. The Hall–Kier alpha value is -0.770. The van der Waals surface area contributed by atoms with E-state index in [1.807, 2.05) is 11.8 Å². The summed E-state index contributed by atoms with van der Waals surface area (Å²) >= 11 is 0. The lowest BCUT2D eigenvalue weighted by Gasteiger charge is -2.45. The Morgan fingerprint density at radius 1 is 1.31 bits per heavy atom. The second-order valence-electron chi connectivity index (χ2n) is 4.85. The average molecular weight is 228 g/mol. The topological polar surface area (TPSA) is 32.8 Å². The van der Waals surface area contributed by atoms with Gasteiger partial charge in [-0.05, 0) is 34.6 Å². The fraction of sp³-hybridized carbons (Fsp3) is 0.917. The molecule has 0 aliphatic carbocycles. The Kier molecular flexibility index (Phi) is 4.59. The van der Waals surface area contributed by atoms with Gasteiger partial charge in [0.05, 0.1) is 6.61 Å². The van der Waals surface area contributed by atoms with Crippen molar-refractivity contribution in [3.8, 4) is 0 Å². The van der Waals surface area contributed by atoms with Crippen molar-refractivity contribution in [1.82, 2.24) is 9.80 Å². The van der Waals surface area contributed by atoms with E-state index in [9.17, 15) is 4.79 Å². The lowest BCUT2D eigenvalue weighted by atomic mass is 10.1. The van der Waals surface area contributed by atoms with Crippen LogP contribution in [0.2, 0.25) is 0 Å². The van der Waals surface area contributed by atoms with Crippen LogP contribution in [0, 0.1) is 0 Å². The maximum atomic E-state index is 11.8. The van der Waals surface area contributed by atoms with Gasteiger partial charge in [-0.25, -0.2) is 4.79 Å². The molecule has 1 fully saturated rings. The summed E-state index contributed by atoms with van der Waals surface area (Å²) in [5.41, 5.74) is 0. The van der Waals surface area contributed by atoms with E-state index in [4.69, 9.17) is 4.74 Å². The van der Waals surface area contributed by atoms with Crippen LogP contribution in [0.3, 0.4) is 0 Å². The Bertz CT molecular complexity index is 231. The zero-order chi connectivity index (χ0) is 12.3. The number of nitrogens with zero attached hydrogens (tertiary/aromatic N) is 2. The van der Waals surface area contributed by atoms with Gasteiger partial charge in [0.15, 0.2) is 0 Å². The molecule has 1 saturated heterocycles. The third kappa shape index (κ3) is 2.88. The van der Waals surface area contributed by atoms with E-state index >= 15 is 0 Å². The van der Waals surface area contributed by atoms with Gasteiger partial charge in [0.25, 0.3) is 0 Å².